The number of likely N-dealkylation sites (tertiary alicyclic amines) is 1. The van der Waals surface area contributed by atoms with Crippen LogP contribution in [0.2, 0.25) is 0 Å². The van der Waals surface area contributed by atoms with Crippen molar-refractivity contribution >= 4 is 11.9 Å². The summed E-state index contributed by atoms with van der Waals surface area (Å²) in [6, 6.07) is 9.83. The minimum absolute atomic E-state index is 0.0479. The predicted octanol–water partition coefficient (Wildman–Crippen LogP) is 2.47. The Labute approximate surface area is 161 Å². The molecule has 1 aliphatic rings. The summed E-state index contributed by atoms with van der Waals surface area (Å²) in [6.07, 6.45) is 5.60. The molecule has 1 fully saturated rings. The summed E-state index contributed by atoms with van der Waals surface area (Å²) in [4.78, 5) is 25.5. The van der Waals surface area contributed by atoms with Gasteiger partial charge in [-0.25, -0.2) is 0 Å². The molecule has 6 heteroatoms. The quantitative estimate of drug-likeness (QED) is 0.645. The average molecular weight is 376 g/mol. The van der Waals surface area contributed by atoms with Gasteiger partial charge in [0.25, 0.3) is 0 Å². The molecule has 2 N–H and O–H groups in total. The number of rotatable bonds is 9. The average Bonchev–Trinajstić information content (AvgIpc) is 2.62. The number of carboxylic acid groups (broad SMARTS) is 1. The van der Waals surface area contributed by atoms with Crippen molar-refractivity contribution in [3.8, 4) is 0 Å². The van der Waals surface area contributed by atoms with Gasteiger partial charge in [-0.1, -0.05) is 43.2 Å². The summed E-state index contributed by atoms with van der Waals surface area (Å²) in [5.74, 6) is -1.03. The highest BCUT2D eigenvalue weighted by molar-refractivity contribution is 5.75. The van der Waals surface area contributed by atoms with Gasteiger partial charge in [0.15, 0.2) is 0 Å². The van der Waals surface area contributed by atoms with Crippen molar-refractivity contribution < 1.29 is 19.4 Å². The maximum Gasteiger partial charge on any atom is 0.323 e. The fourth-order valence-corrected chi connectivity index (χ4v) is 3.62. The number of ether oxygens (including phenoxy) is 1. The molecule has 0 amide bonds. The highest BCUT2D eigenvalue weighted by Gasteiger charge is 2.25. The van der Waals surface area contributed by atoms with Crippen LogP contribution in [0.4, 0.5) is 0 Å². The van der Waals surface area contributed by atoms with Crippen molar-refractivity contribution in [1.82, 2.24) is 10.2 Å². The van der Waals surface area contributed by atoms with Crippen LogP contribution in [0.15, 0.2) is 30.3 Å². The van der Waals surface area contributed by atoms with Gasteiger partial charge in [-0.05, 0) is 44.7 Å². The maximum atomic E-state index is 12.5. The Morgan fingerprint density at radius 2 is 2.04 bits per heavy atom. The lowest BCUT2D eigenvalue weighted by Crippen LogP contribution is -2.50. The van der Waals surface area contributed by atoms with Crippen molar-refractivity contribution in [3.63, 3.8) is 0 Å². The summed E-state index contributed by atoms with van der Waals surface area (Å²) in [5.41, 5.74) is 1.19. The third-order valence-electron chi connectivity index (χ3n) is 4.94. The molecule has 2 atom stereocenters. The first-order valence-electron chi connectivity index (χ1n) is 9.99. The van der Waals surface area contributed by atoms with E-state index in [0.717, 1.165) is 38.6 Å². The van der Waals surface area contributed by atoms with Gasteiger partial charge < -0.3 is 15.2 Å². The normalized spacial score (nSPS) is 19.7. The fraction of sp³-hybridized carbons (Fsp3) is 0.619. The van der Waals surface area contributed by atoms with Crippen molar-refractivity contribution in [2.24, 2.45) is 0 Å². The summed E-state index contributed by atoms with van der Waals surface area (Å²) in [6.45, 7) is 3.66. The Bertz CT molecular complexity index is 579. The Hall–Kier alpha value is -1.92. The molecular formula is C21H32N2O4. The molecule has 1 aromatic carbocycles. The van der Waals surface area contributed by atoms with E-state index in [1.54, 1.807) is 0 Å². The van der Waals surface area contributed by atoms with Gasteiger partial charge in [0.2, 0.25) is 0 Å². The molecule has 1 aromatic rings. The first-order valence-corrected chi connectivity index (χ1v) is 9.99. The standard InChI is InChI=1S/C21H32N2O4/c1-2-27-21(26)19(13-12-17-9-5-3-6-10-17)22-18-11-7-4-8-14-23(15-18)16-20(24)25/h3,5-6,9-10,18-19,22H,2,4,7-8,11-16H2,1H3,(H,24,25). The minimum Gasteiger partial charge on any atom is -0.480 e. The predicted molar refractivity (Wildman–Crippen MR) is 105 cm³/mol. The summed E-state index contributed by atoms with van der Waals surface area (Å²) >= 11 is 0. The number of nitrogens with one attached hydrogen (secondary N) is 1. The van der Waals surface area contributed by atoms with Gasteiger partial charge in [0.1, 0.15) is 6.04 Å². The number of aliphatic carboxylic acids is 1. The molecule has 0 aliphatic carbocycles. The maximum absolute atomic E-state index is 12.5. The fourth-order valence-electron chi connectivity index (χ4n) is 3.62. The number of carboxylic acids is 1. The highest BCUT2D eigenvalue weighted by atomic mass is 16.5. The molecule has 1 saturated heterocycles. The molecule has 1 aliphatic heterocycles. The number of esters is 1. The smallest absolute Gasteiger partial charge is 0.323 e. The summed E-state index contributed by atoms with van der Waals surface area (Å²) < 4.78 is 5.27. The van der Waals surface area contributed by atoms with Crippen LogP contribution in [0.5, 0.6) is 0 Å². The molecule has 6 nitrogen and oxygen atoms in total. The van der Waals surface area contributed by atoms with Gasteiger partial charge in [0.05, 0.1) is 13.2 Å². The largest absolute Gasteiger partial charge is 0.480 e. The molecule has 0 saturated carbocycles. The van der Waals surface area contributed by atoms with E-state index < -0.39 is 5.97 Å². The van der Waals surface area contributed by atoms with Crippen LogP contribution in [-0.2, 0) is 20.7 Å². The number of carbonyl (C=O) groups excluding carboxylic acids is 1. The Morgan fingerprint density at radius 3 is 2.74 bits per heavy atom. The van der Waals surface area contributed by atoms with Crippen LogP contribution in [-0.4, -0.2) is 60.3 Å². The van der Waals surface area contributed by atoms with E-state index in [9.17, 15) is 9.59 Å². The minimum atomic E-state index is -0.805. The van der Waals surface area contributed by atoms with E-state index in [2.05, 4.69) is 17.4 Å². The number of benzene rings is 1. The molecule has 150 valence electrons. The number of carbonyl (C=O) groups is 2. The second kappa shape index (κ2) is 11.7. The van der Waals surface area contributed by atoms with Gasteiger partial charge in [-0.15, -0.1) is 0 Å². The lowest BCUT2D eigenvalue weighted by molar-refractivity contribution is -0.146. The first kappa shape index (κ1) is 21.4. The van der Waals surface area contributed by atoms with Crippen LogP contribution >= 0.6 is 0 Å². The van der Waals surface area contributed by atoms with E-state index in [1.165, 1.54) is 5.56 Å². The van der Waals surface area contributed by atoms with Gasteiger partial charge >= 0.3 is 11.9 Å². The monoisotopic (exact) mass is 376 g/mol. The molecule has 2 rings (SSSR count). The van der Waals surface area contributed by atoms with Crippen LogP contribution < -0.4 is 5.32 Å². The molecule has 0 radical (unpaired) electrons. The summed E-state index contributed by atoms with van der Waals surface area (Å²) in [5, 5.41) is 12.6. The van der Waals surface area contributed by atoms with E-state index in [-0.39, 0.29) is 24.6 Å². The van der Waals surface area contributed by atoms with Gasteiger partial charge in [-0.3, -0.25) is 14.5 Å². The number of hydrogen-bond donors (Lipinski definition) is 2. The number of nitrogens with zero attached hydrogens (tertiary/aromatic N) is 1. The van der Waals surface area contributed by atoms with Gasteiger partial charge in [-0.2, -0.15) is 0 Å². The Kier molecular flexibility index (Phi) is 9.28. The third-order valence-corrected chi connectivity index (χ3v) is 4.94. The van der Waals surface area contributed by atoms with Crippen molar-refractivity contribution in [2.45, 2.75) is 57.5 Å². The van der Waals surface area contributed by atoms with Crippen molar-refractivity contribution in [2.75, 3.05) is 26.2 Å². The highest BCUT2D eigenvalue weighted by Crippen LogP contribution is 2.14. The molecule has 2 unspecified atom stereocenters. The zero-order valence-electron chi connectivity index (χ0n) is 16.2. The number of aryl methyl sites for hydroxylation is 1. The lowest BCUT2D eigenvalue weighted by atomic mass is 10.0. The second-order valence-electron chi connectivity index (χ2n) is 7.17. The molecule has 1 heterocycles. The first-order chi connectivity index (χ1) is 13.1. The molecular weight excluding hydrogens is 344 g/mol. The van der Waals surface area contributed by atoms with Crippen LogP contribution in [0, 0.1) is 0 Å². The van der Waals surface area contributed by atoms with E-state index in [1.807, 2.05) is 30.0 Å². The van der Waals surface area contributed by atoms with E-state index in [4.69, 9.17) is 9.84 Å². The number of hydrogen-bond acceptors (Lipinski definition) is 5. The van der Waals surface area contributed by atoms with Crippen molar-refractivity contribution in [1.29, 1.82) is 0 Å². The zero-order valence-corrected chi connectivity index (χ0v) is 16.2. The second-order valence-corrected chi connectivity index (χ2v) is 7.17. The van der Waals surface area contributed by atoms with Crippen LogP contribution in [0.25, 0.3) is 0 Å². The zero-order chi connectivity index (χ0) is 19.5. The van der Waals surface area contributed by atoms with Crippen LogP contribution in [0.3, 0.4) is 0 Å². The van der Waals surface area contributed by atoms with Crippen LogP contribution in [0.1, 0.15) is 44.6 Å². The molecule has 0 spiro atoms. The third kappa shape index (κ3) is 8.10. The Morgan fingerprint density at radius 1 is 1.26 bits per heavy atom. The lowest BCUT2D eigenvalue weighted by Gasteiger charge is -2.31. The van der Waals surface area contributed by atoms with E-state index >= 15 is 0 Å². The molecule has 0 aromatic heterocycles. The Balaban J connectivity index is 1.99. The topological polar surface area (TPSA) is 78.9 Å². The van der Waals surface area contributed by atoms with E-state index in [0.29, 0.717) is 19.6 Å². The van der Waals surface area contributed by atoms with Crippen molar-refractivity contribution in [3.05, 3.63) is 35.9 Å². The SMILES string of the molecule is CCOC(=O)C(CCc1ccccc1)NC1CCCCCN(CC(=O)O)C1. The molecule has 27 heavy (non-hydrogen) atoms. The molecule has 0 bridgehead atoms. The summed E-state index contributed by atoms with van der Waals surface area (Å²) in [7, 11) is 0. The van der Waals surface area contributed by atoms with Gasteiger partial charge in [0, 0.05) is 12.6 Å².